The Hall–Kier alpha value is -3.95. The van der Waals surface area contributed by atoms with Crippen LogP contribution in [0.4, 0.5) is 5.69 Å². The van der Waals surface area contributed by atoms with Crippen molar-refractivity contribution in [2.45, 2.75) is 11.1 Å². The molecule has 0 spiro atoms. The summed E-state index contributed by atoms with van der Waals surface area (Å²) in [7, 11) is -3.87. The number of anilines is 1. The number of rotatable bonds is 4. The van der Waals surface area contributed by atoms with Crippen molar-refractivity contribution in [2.24, 2.45) is 15.9 Å². The van der Waals surface area contributed by atoms with Crippen molar-refractivity contribution in [3.05, 3.63) is 102 Å². The van der Waals surface area contributed by atoms with Gasteiger partial charge in [0.1, 0.15) is 5.82 Å². The summed E-state index contributed by atoms with van der Waals surface area (Å²) in [6.07, 6.45) is 4.41. The second-order valence-electron chi connectivity index (χ2n) is 7.30. The van der Waals surface area contributed by atoms with Gasteiger partial charge in [0.15, 0.2) is 6.17 Å². The zero-order valence-corrected chi connectivity index (χ0v) is 17.6. The molecule has 1 unspecified atom stereocenters. The maximum atomic E-state index is 11.9. The van der Waals surface area contributed by atoms with E-state index in [1.165, 1.54) is 18.4 Å². The average molecular weight is 446 g/mol. The maximum Gasteiger partial charge on any atom is 0.238 e. The molecule has 5 rings (SSSR count). The van der Waals surface area contributed by atoms with Crippen molar-refractivity contribution in [3.63, 3.8) is 0 Å². The highest BCUT2D eigenvalue weighted by Crippen LogP contribution is 2.33. The molecule has 32 heavy (non-hydrogen) atoms. The molecule has 9 heteroatoms. The molecule has 2 aromatic carbocycles. The van der Waals surface area contributed by atoms with E-state index >= 15 is 0 Å². The topological polar surface area (TPSA) is 128 Å². The van der Waals surface area contributed by atoms with E-state index in [1.807, 2.05) is 41.3 Å². The van der Waals surface area contributed by atoms with Gasteiger partial charge >= 0.3 is 0 Å². The molecule has 160 valence electrons. The third-order valence-electron chi connectivity index (χ3n) is 5.29. The Kier molecular flexibility index (Phi) is 4.76. The number of nitrogens with two attached hydrogens (primary N) is 2. The molecule has 8 nitrogen and oxygen atoms in total. The Balaban J connectivity index is 1.64. The lowest BCUT2D eigenvalue weighted by atomic mass is 10.1. The molecule has 0 fully saturated rings. The second-order valence-corrected chi connectivity index (χ2v) is 8.86. The van der Waals surface area contributed by atoms with Crippen LogP contribution in [-0.4, -0.2) is 13.4 Å². The summed E-state index contributed by atoms with van der Waals surface area (Å²) in [6.45, 7) is 0. The Labute approximate surface area is 184 Å². The third-order valence-corrected chi connectivity index (χ3v) is 6.20. The van der Waals surface area contributed by atoms with Gasteiger partial charge < -0.3 is 15.1 Å². The van der Waals surface area contributed by atoms with Crippen LogP contribution in [0.5, 0.6) is 0 Å². The number of fused-ring (bicyclic) bond motifs is 1. The SMILES string of the molecule is NC1=c2ccoc2=NC(c2cccc(S(N)(=O)=O)c2)N1c1ccc(-c2cccnc2)cc1. The van der Waals surface area contributed by atoms with Gasteiger partial charge in [-0.2, -0.15) is 0 Å². The minimum absolute atomic E-state index is 0.000823. The van der Waals surface area contributed by atoms with Crippen molar-refractivity contribution >= 4 is 21.5 Å². The summed E-state index contributed by atoms with van der Waals surface area (Å²) < 4.78 is 29.3. The fraction of sp³-hybridized carbons (Fsp3) is 0.0435. The lowest BCUT2D eigenvalue weighted by Crippen LogP contribution is -2.43. The van der Waals surface area contributed by atoms with Gasteiger partial charge in [0.05, 0.1) is 16.4 Å². The predicted octanol–water partition coefficient (Wildman–Crippen LogP) is 1.85. The van der Waals surface area contributed by atoms with Gasteiger partial charge in [-0.25, -0.2) is 18.5 Å². The van der Waals surface area contributed by atoms with Crippen molar-refractivity contribution in [1.82, 2.24) is 4.98 Å². The first-order valence-corrected chi connectivity index (χ1v) is 11.3. The van der Waals surface area contributed by atoms with Crippen LogP contribution in [0.1, 0.15) is 11.7 Å². The molecule has 0 radical (unpaired) electrons. The molecule has 0 saturated carbocycles. The van der Waals surface area contributed by atoms with Crippen LogP contribution in [-0.2, 0) is 10.0 Å². The number of pyridine rings is 1. The van der Waals surface area contributed by atoms with E-state index < -0.39 is 16.2 Å². The molecule has 0 aliphatic carbocycles. The largest absolute Gasteiger partial charge is 0.446 e. The Morgan fingerprint density at radius 2 is 1.78 bits per heavy atom. The summed E-state index contributed by atoms with van der Waals surface area (Å²) in [5.41, 5.74) is 10.3. The highest BCUT2D eigenvalue weighted by Gasteiger charge is 2.28. The Morgan fingerprint density at radius 1 is 0.969 bits per heavy atom. The van der Waals surface area contributed by atoms with Gasteiger partial charge in [-0.3, -0.25) is 4.98 Å². The third kappa shape index (κ3) is 3.53. The molecule has 0 bridgehead atoms. The molecular weight excluding hydrogens is 426 g/mol. The highest BCUT2D eigenvalue weighted by molar-refractivity contribution is 7.89. The molecule has 2 aromatic heterocycles. The van der Waals surface area contributed by atoms with E-state index in [0.29, 0.717) is 22.2 Å². The van der Waals surface area contributed by atoms with Gasteiger partial charge in [-0.1, -0.05) is 30.3 Å². The minimum Gasteiger partial charge on any atom is -0.446 e. The predicted molar refractivity (Wildman–Crippen MR) is 120 cm³/mol. The molecular formula is C23H19N5O3S. The number of hydrogen-bond donors (Lipinski definition) is 2. The van der Waals surface area contributed by atoms with E-state index in [4.69, 9.17) is 20.3 Å². The van der Waals surface area contributed by atoms with Crippen molar-refractivity contribution < 1.29 is 12.8 Å². The molecule has 3 heterocycles. The summed E-state index contributed by atoms with van der Waals surface area (Å²) in [6, 6.07) is 19.8. The highest BCUT2D eigenvalue weighted by atomic mass is 32.2. The first kappa shape index (κ1) is 20.0. The van der Waals surface area contributed by atoms with E-state index in [-0.39, 0.29) is 4.90 Å². The maximum absolute atomic E-state index is 11.9. The summed E-state index contributed by atoms with van der Waals surface area (Å²) in [5, 5.41) is 6.00. The first-order valence-electron chi connectivity index (χ1n) is 9.75. The normalized spacial score (nSPS) is 15.8. The number of furan rings is 1. The van der Waals surface area contributed by atoms with Crippen molar-refractivity contribution in [1.29, 1.82) is 0 Å². The number of sulfonamides is 1. The van der Waals surface area contributed by atoms with Crippen LogP contribution in [0.15, 0.2) is 99.7 Å². The van der Waals surface area contributed by atoms with Gasteiger partial charge in [-0.05, 0) is 53.1 Å². The van der Waals surface area contributed by atoms with Crippen LogP contribution in [0, 0.1) is 0 Å². The van der Waals surface area contributed by atoms with Gasteiger partial charge in [0, 0.05) is 18.1 Å². The molecule has 1 aliphatic rings. The average Bonchev–Trinajstić information content (AvgIpc) is 3.29. The van der Waals surface area contributed by atoms with Crippen LogP contribution in [0.3, 0.4) is 0 Å². The monoisotopic (exact) mass is 445 g/mol. The molecule has 4 N–H and O–H groups in total. The van der Waals surface area contributed by atoms with Crippen LogP contribution < -0.4 is 26.5 Å². The van der Waals surface area contributed by atoms with E-state index in [9.17, 15) is 8.42 Å². The van der Waals surface area contributed by atoms with Gasteiger partial charge in [-0.15, -0.1) is 0 Å². The van der Waals surface area contributed by atoms with Gasteiger partial charge in [0.25, 0.3) is 0 Å². The van der Waals surface area contributed by atoms with Crippen molar-refractivity contribution in [3.8, 4) is 11.1 Å². The zero-order valence-electron chi connectivity index (χ0n) is 16.8. The fourth-order valence-electron chi connectivity index (χ4n) is 3.73. The first-order chi connectivity index (χ1) is 15.4. The zero-order chi connectivity index (χ0) is 22.3. The van der Waals surface area contributed by atoms with E-state index in [0.717, 1.165) is 16.8 Å². The standard InChI is InChI=1S/C23H19N5O3S/c24-21-20-10-12-31-23(20)27-22(16-3-1-5-19(13-16)32(25,29)30)28(21)18-8-6-15(7-9-18)17-4-2-11-26-14-17/h1-14,22H,24H2,(H2,25,29,30). The lowest BCUT2D eigenvalue weighted by molar-refractivity contribution is 0.483. The van der Waals surface area contributed by atoms with Crippen LogP contribution >= 0.6 is 0 Å². The van der Waals surface area contributed by atoms with E-state index in [2.05, 4.69) is 4.98 Å². The number of aromatic nitrogens is 1. The van der Waals surface area contributed by atoms with E-state index in [1.54, 1.807) is 30.6 Å². The number of hydrogen-bond acceptors (Lipinski definition) is 7. The summed E-state index contributed by atoms with van der Waals surface area (Å²) in [5.74, 6) is 0.448. The number of nitrogens with zero attached hydrogens (tertiary/aromatic N) is 3. The number of primary sulfonamides is 1. The molecule has 1 atom stereocenters. The molecule has 0 saturated heterocycles. The Bertz CT molecular complexity index is 1510. The fourth-order valence-corrected chi connectivity index (χ4v) is 4.30. The quantitative estimate of drug-likeness (QED) is 0.493. The lowest BCUT2D eigenvalue weighted by Gasteiger charge is -2.33. The summed E-state index contributed by atoms with van der Waals surface area (Å²) in [4.78, 5) is 10.7. The number of benzene rings is 2. The summed E-state index contributed by atoms with van der Waals surface area (Å²) >= 11 is 0. The molecule has 4 aromatic rings. The van der Waals surface area contributed by atoms with Crippen molar-refractivity contribution in [2.75, 3.05) is 4.90 Å². The smallest absolute Gasteiger partial charge is 0.238 e. The minimum atomic E-state index is -3.87. The molecule has 0 amide bonds. The molecule has 1 aliphatic heterocycles. The van der Waals surface area contributed by atoms with Crippen LogP contribution in [0.2, 0.25) is 0 Å². The Morgan fingerprint density at radius 3 is 2.50 bits per heavy atom. The van der Waals surface area contributed by atoms with Crippen LogP contribution in [0.25, 0.3) is 16.9 Å². The van der Waals surface area contributed by atoms with Gasteiger partial charge in [0.2, 0.25) is 15.6 Å². The second kappa shape index (κ2) is 7.63.